The van der Waals surface area contributed by atoms with E-state index < -0.39 is 33.8 Å². The van der Waals surface area contributed by atoms with Crippen molar-refractivity contribution in [3.05, 3.63) is 86.0 Å². The highest BCUT2D eigenvalue weighted by molar-refractivity contribution is 5.84. The number of esters is 1. The topological polar surface area (TPSA) is 122 Å². The molecule has 134 valence electrons. The van der Waals surface area contributed by atoms with Crippen LogP contribution in [-0.4, -0.2) is 29.5 Å². The van der Waals surface area contributed by atoms with Gasteiger partial charge in [0.05, 0.1) is 22.5 Å². The predicted molar refractivity (Wildman–Crippen MR) is 91.2 cm³/mol. The summed E-state index contributed by atoms with van der Waals surface area (Å²) >= 11 is 0. The quantitative estimate of drug-likeness (QED) is 0.323. The molecule has 0 radical (unpaired) electrons. The molecule has 0 heterocycles. The third kappa shape index (κ3) is 4.20. The summed E-state index contributed by atoms with van der Waals surface area (Å²) in [5.74, 6) is -0.733. The molecule has 9 heteroatoms. The Labute approximate surface area is 147 Å². The normalized spacial score (nSPS) is 11.3. The van der Waals surface area contributed by atoms with Crippen LogP contribution in [0.5, 0.6) is 5.75 Å². The fraction of sp³-hybridized carbons (Fsp3) is 0.118. The Bertz CT molecular complexity index is 862. The summed E-state index contributed by atoms with van der Waals surface area (Å²) in [7, 11) is 1.17. The summed E-state index contributed by atoms with van der Waals surface area (Å²) in [4.78, 5) is 32.8. The Kier molecular flexibility index (Phi) is 5.99. The van der Waals surface area contributed by atoms with E-state index in [-0.39, 0.29) is 16.9 Å². The van der Waals surface area contributed by atoms with Crippen LogP contribution >= 0.6 is 0 Å². The average molecular weight is 358 g/mol. The van der Waals surface area contributed by atoms with Crippen LogP contribution in [0.2, 0.25) is 0 Å². The SMILES string of the molecule is COC(=O)COc1ccccc1C(=C(c1ccccc1)[N+](=O)[O-])[N+](=O)[O-]. The van der Waals surface area contributed by atoms with Gasteiger partial charge in [0.15, 0.2) is 6.61 Å². The van der Waals surface area contributed by atoms with E-state index >= 15 is 0 Å². The summed E-state index contributed by atoms with van der Waals surface area (Å²) in [5.41, 5.74) is -1.45. The Morgan fingerprint density at radius 3 is 2.08 bits per heavy atom. The van der Waals surface area contributed by atoms with Crippen LogP contribution in [0, 0.1) is 20.2 Å². The van der Waals surface area contributed by atoms with E-state index in [2.05, 4.69) is 4.74 Å². The first-order valence-electron chi connectivity index (χ1n) is 7.33. The maximum Gasteiger partial charge on any atom is 0.357 e. The number of nitro groups is 2. The molecule has 26 heavy (non-hydrogen) atoms. The van der Waals surface area contributed by atoms with Crippen LogP contribution in [0.4, 0.5) is 0 Å². The fourth-order valence-corrected chi connectivity index (χ4v) is 2.22. The van der Waals surface area contributed by atoms with Crippen LogP contribution in [0.1, 0.15) is 11.1 Å². The van der Waals surface area contributed by atoms with Crippen LogP contribution in [0.25, 0.3) is 11.4 Å². The molecule has 0 bridgehead atoms. The summed E-state index contributed by atoms with van der Waals surface area (Å²) in [6.07, 6.45) is 0. The van der Waals surface area contributed by atoms with Gasteiger partial charge in [-0.1, -0.05) is 30.3 Å². The summed E-state index contributed by atoms with van der Waals surface area (Å²) < 4.78 is 9.71. The Hall–Kier alpha value is -3.75. The van der Waals surface area contributed by atoms with E-state index in [1.165, 1.54) is 55.6 Å². The standard InChI is InChI=1S/C17H14N2O7/c1-25-15(20)11-26-14-10-6-5-9-13(14)17(19(23)24)16(18(21)22)12-7-3-2-4-8-12/h2-10H,11H2,1H3. The molecule has 0 atom stereocenters. The van der Waals surface area contributed by atoms with E-state index in [1.807, 2.05) is 0 Å². The fourth-order valence-electron chi connectivity index (χ4n) is 2.22. The van der Waals surface area contributed by atoms with Gasteiger partial charge in [-0.3, -0.25) is 20.2 Å². The lowest BCUT2D eigenvalue weighted by Gasteiger charge is -2.09. The Morgan fingerprint density at radius 1 is 0.923 bits per heavy atom. The van der Waals surface area contributed by atoms with Gasteiger partial charge >= 0.3 is 17.4 Å². The molecule has 0 saturated heterocycles. The van der Waals surface area contributed by atoms with Gasteiger partial charge in [0, 0.05) is 0 Å². The van der Waals surface area contributed by atoms with Crippen molar-refractivity contribution in [3.8, 4) is 5.75 Å². The molecule has 0 aliphatic rings. The highest BCUT2D eigenvalue weighted by Crippen LogP contribution is 2.33. The average Bonchev–Trinajstić information content (AvgIpc) is 2.64. The molecule has 0 unspecified atom stereocenters. The molecule has 0 N–H and O–H groups in total. The van der Waals surface area contributed by atoms with Gasteiger partial charge < -0.3 is 9.47 Å². The van der Waals surface area contributed by atoms with E-state index in [4.69, 9.17) is 4.74 Å². The molecule has 2 aromatic carbocycles. The Balaban J connectivity index is 2.65. The van der Waals surface area contributed by atoms with Gasteiger partial charge in [-0.15, -0.1) is 0 Å². The van der Waals surface area contributed by atoms with Crippen molar-refractivity contribution in [2.24, 2.45) is 0 Å². The lowest BCUT2D eigenvalue weighted by molar-refractivity contribution is -0.406. The van der Waals surface area contributed by atoms with Gasteiger partial charge in [-0.2, -0.15) is 0 Å². The number of methoxy groups -OCH3 is 1. The molecule has 0 saturated carbocycles. The van der Waals surface area contributed by atoms with Gasteiger partial charge in [-0.05, 0) is 24.3 Å². The highest BCUT2D eigenvalue weighted by atomic mass is 16.6. The summed E-state index contributed by atoms with van der Waals surface area (Å²) in [6, 6.07) is 13.2. The van der Waals surface area contributed by atoms with Crippen molar-refractivity contribution < 1.29 is 24.1 Å². The number of carbonyl (C=O) groups is 1. The molecule has 0 aliphatic carbocycles. The molecular weight excluding hydrogens is 344 g/mol. The van der Waals surface area contributed by atoms with Crippen LogP contribution < -0.4 is 4.74 Å². The second-order valence-electron chi connectivity index (χ2n) is 4.94. The van der Waals surface area contributed by atoms with Crippen LogP contribution in [0.3, 0.4) is 0 Å². The maximum absolute atomic E-state index is 11.7. The monoisotopic (exact) mass is 358 g/mol. The van der Waals surface area contributed by atoms with Crippen molar-refractivity contribution in [2.75, 3.05) is 13.7 Å². The van der Waals surface area contributed by atoms with Crippen molar-refractivity contribution in [1.82, 2.24) is 0 Å². The zero-order valence-corrected chi connectivity index (χ0v) is 13.7. The molecule has 0 amide bonds. The number of rotatable bonds is 7. The first kappa shape index (κ1) is 18.6. The van der Waals surface area contributed by atoms with Gasteiger partial charge in [-0.25, -0.2) is 4.79 Å². The Morgan fingerprint density at radius 2 is 1.50 bits per heavy atom. The third-order valence-electron chi connectivity index (χ3n) is 3.35. The molecule has 0 spiro atoms. The number of para-hydroxylation sites is 1. The summed E-state index contributed by atoms with van der Waals surface area (Å²) in [6.45, 7) is -0.488. The minimum absolute atomic E-state index is 0.0418. The lowest BCUT2D eigenvalue weighted by Crippen LogP contribution is -2.14. The third-order valence-corrected chi connectivity index (χ3v) is 3.35. The number of carbonyl (C=O) groups excluding carboxylic acids is 1. The number of hydrogen-bond acceptors (Lipinski definition) is 7. The largest absolute Gasteiger partial charge is 0.481 e. The van der Waals surface area contributed by atoms with E-state index in [1.54, 1.807) is 6.07 Å². The molecule has 2 aromatic rings. The zero-order valence-electron chi connectivity index (χ0n) is 13.7. The molecule has 0 aliphatic heterocycles. The van der Waals surface area contributed by atoms with E-state index in [0.29, 0.717) is 0 Å². The molecular formula is C17H14N2O7. The number of benzene rings is 2. The van der Waals surface area contributed by atoms with Crippen LogP contribution in [0.15, 0.2) is 54.6 Å². The van der Waals surface area contributed by atoms with Crippen molar-refractivity contribution >= 4 is 17.4 Å². The molecule has 9 nitrogen and oxygen atoms in total. The number of ether oxygens (including phenoxy) is 2. The van der Waals surface area contributed by atoms with Gasteiger partial charge in [0.2, 0.25) is 0 Å². The molecule has 2 rings (SSSR count). The minimum atomic E-state index is -0.842. The second-order valence-corrected chi connectivity index (χ2v) is 4.94. The predicted octanol–water partition coefficient (Wildman–Crippen LogP) is 2.62. The molecule has 0 aromatic heterocycles. The van der Waals surface area contributed by atoms with Crippen molar-refractivity contribution in [2.45, 2.75) is 0 Å². The van der Waals surface area contributed by atoms with Gasteiger partial charge in [0.1, 0.15) is 11.3 Å². The minimum Gasteiger partial charge on any atom is -0.481 e. The first-order valence-corrected chi connectivity index (χ1v) is 7.33. The van der Waals surface area contributed by atoms with E-state index in [0.717, 1.165) is 0 Å². The lowest BCUT2D eigenvalue weighted by atomic mass is 10.0. The smallest absolute Gasteiger partial charge is 0.357 e. The number of nitrogens with zero attached hydrogens (tertiary/aromatic N) is 2. The van der Waals surface area contributed by atoms with Gasteiger partial charge in [0.25, 0.3) is 0 Å². The van der Waals surface area contributed by atoms with E-state index in [9.17, 15) is 25.0 Å². The summed E-state index contributed by atoms with van der Waals surface area (Å²) in [5, 5.41) is 23.2. The van der Waals surface area contributed by atoms with Crippen LogP contribution in [-0.2, 0) is 9.53 Å². The van der Waals surface area contributed by atoms with Crippen molar-refractivity contribution in [1.29, 1.82) is 0 Å². The zero-order chi connectivity index (χ0) is 19.1. The second kappa shape index (κ2) is 8.38. The van der Waals surface area contributed by atoms with Crippen molar-refractivity contribution in [3.63, 3.8) is 0 Å². The number of hydrogen-bond donors (Lipinski definition) is 0. The molecule has 0 fully saturated rings. The highest BCUT2D eigenvalue weighted by Gasteiger charge is 2.34. The first-order chi connectivity index (χ1) is 12.5. The maximum atomic E-state index is 11.7.